The zero-order chi connectivity index (χ0) is 34.6. The van der Waals surface area contributed by atoms with Crippen molar-refractivity contribution in [3.8, 4) is 44.5 Å². The van der Waals surface area contributed by atoms with Gasteiger partial charge in [0, 0.05) is 31.0 Å². The molecule has 1 aromatic heterocycles. The van der Waals surface area contributed by atoms with E-state index in [-0.39, 0.29) is 5.41 Å². The fourth-order valence-electron chi connectivity index (χ4n) is 9.31. The summed E-state index contributed by atoms with van der Waals surface area (Å²) in [5.74, 6) is 0. The van der Waals surface area contributed by atoms with Gasteiger partial charge in [-0.2, -0.15) is 0 Å². The predicted molar refractivity (Wildman–Crippen MR) is 226 cm³/mol. The smallest absolute Gasteiger partial charge is 0.0434 e. The molecule has 1 aliphatic rings. The molecule has 244 valence electrons. The molecule has 0 spiro atoms. The second-order valence-electron chi connectivity index (χ2n) is 14.8. The second kappa shape index (κ2) is 11.0. The summed E-state index contributed by atoms with van der Waals surface area (Å²) in [4.78, 5) is 0. The highest BCUT2D eigenvalue weighted by molar-refractivity contribution is 7.27. The standard InChI is InChI=1S/C51H34S/c1-51(2)45-23-13-12-17-35(45)40-28-29-42-44-30-43(34-16-6-11-22-41(34)49(44)52-50(42)48(40)51)31-24-26-33(27-25-31)47-38-20-9-7-18-36(38)46(32-14-4-3-5-15-32)37-19-8-10-21-39(37)47/h3-30H,1-2H3. The number of hydrogen-bond donors (Lipinski definition) is 0. The molecule has 0 nitrogen and oxygen atoms in total. The van der Waals surface area contributed by atoms with E-state index in [2.05, 4.69) is 184 Å². The van der Waals surface area contributed by atoms with Gasteiger partial charge < -0.3 is 0 Å². The Balaban J connectivity index is 1.11. The molecule has 1 aliphatic carbocycles. The van der Waals surface area contributed by atoms with Crippen LogP contribution in [0.3, 0.4) is 0 Å². The third-order valence-corrected chi connectivity index (χ3v) is 12.9. The average molecular weight is 679 g/mol. The van der Waals surface area contributed by atoms with Crippen molar-refractivity contribution in [2.75, 3.05) is 0 Å². The first-order valence-electron chi connectivity index (χ1n) is 18.2. The summed E-state index contributed by atoms with van der Waals surface area (Å²) < 4.78 is 2.80. The van der Waals surface area contributed by atoms with Crippen molar-refractivity contribution in [2.24, 2.45) is 0 Å². The van der Waals surface area contributed by atoms with Gasteiger partial charge in [-0.05, 0) is 88.6 Å². The molecule has 0 N–H and O–H groups in total. The van der Waals surface area contributed by atoms with E-state index >= 15 is 0 Å². The molecule has 52 heavy (non-hydrogen) atoms. The first-order chi connectivity index (χ1) is 25.6. The van der Waals surface area contributed by atoms with Crippen LogP contribution >= 0.6 is 11.3 Å². The number of benzene rings is 9. The summed E-state index contributed by atoms with van der Waals surface area (Å²) in [6.07, 6.45) is 0. The molecule has 10 aromatic rings. The molecular weight excluding hydrogens is 645 g/mol. The number of fused-ring (bicyclic) bond motifs is 11. The van der Waals surface area contributed by atoms with E-state index in [1.165, 1.54) is 108 Å². The van der Waals surface area contributed by atoms with Gasteiger partial charge in [-0.15, -0.1) is 11.3 Å². The van der Waals surface area contributed by atoms with E-state index < -0.39 is 0 Å². The highest BCUT2D eigenvalue weighted by Crippen LogP contribution is 2.55. The van der Waals surface area contributed by atoms with Crippen molar-refractivity contribution in [1.29, 1.82) is 0 Å². The first-order valence-corrected chi connectivity index (χ1v) is 19.0. The van der Waals surface area contributed by atoms with Crippen molar-refractivity contribution in [3.05, 3.63) is 181 Å². The second-order valence-corrected chi connectivity index (χ2v) is 15.8. The van der Waals surface area contributed by atoms with Gasteiger partial charge in [0.05, 0.1) is 0 Å². The normalized spacial score (nSPS) is 13.3. The van der Waals surface area contributed by atoms with E-state index in [1.54, 1.807) is 0 Å². The fraction of sp³-hybridized carbons (Fsp3) is 0.0588. The van der Waals surface area contributed by atoms with Gasteiger partial charge in [0.1, 0.15) is 0 Å². The van der Waals surface area contributed by atoms with Crippen LogP contribution in [-0.4, -0.2) is 0 Å². The lowest BCUT2D eigenvalue weighted by Crippen LogP contribution is -2.14. The lowest BCUT2D eigenvalue weighted by molar-refractivity contribution is 0.667. The Kier molecular flexibility index (Phi) is 6.27. The van der Waals surface area contributed by atoms with E-state index in [4.69, 9.17) is 0 Å². The minimum Gasteiger partial charge on any atom is -0.134 e. The zero-order valence-corrected chi connectivity index (χ0v) is 29.9. The highest BCUT2D eigenvalue weighted by Gasteiger charge is 2.37. The van der Waals surface area contributed by atoms with Gasteiger partial charge in [-0.3, -0.25) is 0 Å². The number of hydrogen-bond acceptors (Lipinski definition) is 1. The minimum absolute atomic E-state index is 0.0472. The molecule has 0 atom stereocenters. The molecule has 1 heteroatoms. The Hall–Kier alpha value is -6.02. The fourth-order valence-corrected chi connectivity index (χ4v) is 10.8. The number of rotatable bonds is 3. The topological polar surface area (TPSA) is 0 Å². The van der Waals surface area contributed by atoms with Crippen molar-refractivity contribution in [3.63, 3.8) is 0 Å². The van der Waals surface area contributed by atoms with Crippen LogP contribution in [0.1, 0.15) is 25.0 Å². The van der Waals surface area contributed by atoms with Crippen molar-refractivity contribution < 1.29 is 0 Å². The lowest BCUT2D eigenvalue weighted by Gasteiger charge is -2.22. The van der Waals surface area contributed by atoms with Crippen LogP contribution in [0.15, 0.2) is 170 Å². The van der Waals surface area contributed by atoms with E-state index in [9.17, 15) is 0 Å². The van der Waals surface area contributed by atoms with Crippen LogP contribution in [-0.2, 0) is 5.41 Å². The van der Waals surface area contributed by atoms with Crippen molar-refractivity contribution in [2.45, 2.75) is 19.3 Å². The van der Waals surface area contributed by atoms with Gasteiger partial charge in [-0.25, -0.2) is 0 Å². The van der Waals surface area contributed by atoms with Crippen LogP contribution in [0.5, 0.6) is 0 Å². The molecule has 1 heterocycles. The van der Waals surface area contributed by atoms with E-state index in [0.717, 1.165) is 0 Å². The Morgan fingerprint density at radius 2 is 0.846 bits per heavy atom. The molecule has 0 saturated heterocycles. The molecule has 0 fully saturated rings. The summed E-state index contributed by atoms with van der Waals surface area (Å²) in [5, 5.41) is 10.5. The molecule has 0 saturated carbocycles. The highest BCUT2D eigenvalue weighted by atomic mass is 32.1. The maximum Gasteiger partial charge on any atom is 0.0434 e. The Morgan fingerprint density at radius 3 is 1.50 bits per heavy atom. The molecule has 0 amide bonds. The van der Waals surface area contributed by atoms with Crippen molar-refractivity contribution in [1.82, 2.24) is 0 Å². The molecule has 0 bridgehead atoms. The van der Waals surface area contributed by atoms with E-state index in [0.29, 0.717) is 0 Å². The van der Waals surface area contributed by atoms with Crippen LogP contribution in [0.4, 0.5) is 0 Å². The molecule has 9 aromatic carbocycles. The van der Waals surface area contributed by atoms with Crippen molar-refractivity contribution >= 4 is 63.8 Å². The quantitative estimate of drug-likeness (QED) is 0.163. The molecule has 0 aliphatic heterocycles. The van der Waals surface area contributed by atoms with Gasteiger partial charge in [0.2, 0.25) is 0 Å². The summed E-state index contributed by atoms with van der Waals surface area (Å²) in [6, 6.07) is 63.2. The average Bonchev–Trinajstić information content (AvgIpc) is 3.69. The largest absolute Gasteiger partial charge is 0.134 e. The van der Waals surface area contributed by atoms with Gasteiger partial charge in [-0.1, -0.05) is 178 Å². The first kappa shape index (κ1) is 29.7. The van der Waals surface area contributed by atoms with Gasteiger partial charge in [0.15, 0.2) is 0 Å². The summed E-state index contributed by atoms with van der Waals surface area (Å²) >= 11 is 1.97. The lowest BCUT2D eigenvalue weighted by atomic mass is 9.82. The molecular formula is C51H34S. The molecule has 11 rings (SSSR count). The maximum atomic E-state index is 2.46. The summed E-state index contributed by atoms with van der Waals surface area (Å²) in [6.45, 7) is 4.79. The van der Waals surface area contributed by atoms with Gasteiger partial charge in [0.25, 0.3) is 0 Å². The predicted octanol–water partition coefficient (Wildman–Crippen LogP) is 14.8. The van der Waals surface area contributed by atoms with Crippen LogP contribution in [0.25, 0.3) is 97.0 Å². The van der Waals surface area contributed by atoms with Crippen LogP contribution < -0.4 is 0 Å². The number of thiophene rings is 1. The third-order valence-electron chi connectivity index (χ3n) is 11.6. The summed E-state index contributed by atoms with van der Waals surface area (Å²) in [7, 11) is 0. The SMILES string of the molecule is CC1(C)c2ccccc2-c2ccc3c(sc4c5ccccc5c(-c5ccc(-c6c7ccccc7c(-c7ccccc7)c7ccccc67)cc5)cc34)c21. The monoisotopic (exact) mass is 678 g/mol. The zero-order valence-electron chi connectivity index (χ0n) is 29.1. The Bertz CT molecular complexity index is 3010. The van der Waals surface area contributed by atoms with Gasteiger partial charge >= 0.3 is 0 Å². The molecule has 0 unspecified atom stereocenters. The van der Waals surface area contributed by atoms with Crippen LogP contribution in [0, 0.1) is 0 Å². The minimum atomic E-state index is -0.0472. The van der Waals surface area contributed by atoms with Crippen LogP contribution in [0.2, 0.25) is 0 Å². The van der Waals surface area contributed by atoms with E-state index in [1.807, 2.05) is 11.3 Å². The maximum absolute atomic E-state index is 2.46. The summed E-state index contributed by atoms with van der Waals surface area (Å²) in [5.41, 5.74) is 13.2. The Morgan fingerprint density at radius 1 is 0.346 bits per heavy atom. The third kappa shape index (κ3) is 4.09. The molecule has 0 radical (unpaired) electrons. The Labute approximate surface area is 307 Å².